The van der Waals surface area contributed by atoms with Crippen molar-refractivity contribution in [2.45, 2.75) is 31.8 Å². The van der Waals surface area contributed by atoms with Gasteiger partial charge in [0.2, 0.25) is 5.91 Å². The lowest BCUT2D eigenvalue weighted by Gasteiger charge is -2.11. The monoisotopic (exact) mass is 482 g/mol. The van der Waals surface area contributed by atoms with Crippen LogP contribution in [0.5, 0.6) is 0 Å². The van der Waals surface area contributed by atoms with Crippen LogP contribution in [0.25, 0.3) is 16.7 Å². The van der Waals surface area contributed by atoms with Crippen molar-refractivity contribution >= 4 is 34.4 Å². The molecule has 7 nitrogen and oxygen atoms in total. The number of H-pyrrole nitrogens is 1. The van der Waals surface area contributed by atoms with E-state index in [1.165, 1.54) is 17.3 Å². The normalized spacial score (nSPS) is 11.1. The van der Waals surface area contributed by atoms with E-state index in [0.717, 1.165) is 39.6 Å². The van der Waals surface area contributed by atoms with Crippen LogP contribution in [-0.2, 0) is 17.6 Å². The van der Waals surface area contributed by atoms with Crippen molar-refractivity contribution < 1.29 is 4.79 Å². The van der Waals surface area contributed by atoms with Crippen LogP contribution in [-0.4, -0.2) is 36.4 Å². The first-order chi connectivity index (χ1) is 17.1. The van der Waals surface area contributed by atoms with Crippen molar-refractivity contribution in [2.24, 2.45) is 0 Å². The van der Waals surface area contributed by atoms with Gasteiger partial charge in [-0.3, -0.25) is 9.36 Å². The fraction of sp³-hybridized carbons (Fsp3) is 0.185. The van der Waals surface area contributed by atoms with Crippen LogP contribution < -0.4 is 5.32 Å². The molecule has 0 atom stereocenters. The number of imidazole rings is 1. The second kappa shape index (κ2) is 10.1. The Bertz CT molecular complexity index is 1440. The predicted molar refractivity (Wildman–Crippen MR) is 140 cm³/mol. The number of carbonyl (C=O) groups is 1. The molecule has 8 heteroatoms. The van der Waals surface area contributed by atoms with E-state index in [2.05, 4.69) is 31.5 Å². The fourth-order valence-corrected chi connectivity index (χ4v) is 4.79. The van der Waals surface area contributed by atoms with E-state index >= 15 is 0 Å². The van der Waals surface area contributed by atoms with Crippen molar-refractivity contribution in [3.05, 3.63) is 95.6 Å². The Hall–Kier alpha value is -3.91. The SMILES string of the molecule is Cc1ccc(NC(=O)CSc2nnc(CCc3nc4ccccc4[nH]3)n2-c2ccccc2)c(C)c1. The Labute approximate surface area is 208 Å². The van der Waals surface area contributed by atoms with Crippen molar-refractivity contribution in [1.29, 1.82) is 0 Å². The number of benzene rings is 3. The van der Waals surface area contributed by atoms with Crippen molar-refractivity contribution in [3.8, 4) is 5.69 Å². The number of amides is 1. The standard InChI is InChI=1S/C27H26N6OS/c1-18-12-13-21(19(2)16-18)30-26(34)17-35-27-32-31-25(33(27)20-8-4-3-5-9-20)15-14-24-28-22-10-6-7-11-23(22)29-24/h3-13,16H,14-15,17H2,1-2H3,(H,28,29)(H,30,34). The summed E-state index contributed by atoms with van der Waals surface area (Å²) in [5.41, 5.74) is 5.99. The topological polar surface area (TPSA) is 88.5 Å². The zero-order valence-electron chi connectivity index (χ0n) is 19.7. The number of carbonyl (C=O) groups excluding carboxylic acids is 1. The average molecular weight is 483 g/mol. The summed E-state index contributed by atoms with van der Waals surface area (Å²) in [5.74, 6) is 1.90. The molecule has 0 aliphatic carbocycles. The van der Waals surface area contributed by atoms with Crippen LogP contribution in [0.2, 0.25) is 0 Å². The highest BCUT2D eigenvalue weighted by Gasteiger charge is 2.17. The molecule has 35 heavy (non-hydrogen) atoms. The molecule has 2 N–H and O–H groups in total. The third-order valence-corrected chi connectivity index (χ3v) is 6.66. The lowest BCUT2D eigenvalue weighted by Crippen LogP contribution is -2.15. The van der Waals surface area contributed by atoms with Crippen LogP contribution in [0.15, 0.2) is 78.0 Å². The molecule has 0 spiro atoms. The third kappa shape index (κ3) is 5.27. The van der Waals surface area contributed by atoms with Gasteiger partial charge in [-0.2, -0.15) is 0 Å². The number of hydrogen-bond acceptors (Lipinski definition) is 5. The summed E-state index contributed by atoms with van der Waals surface area (Å²) in [6.45, 7) is 4.03. The Morgan fingerprint density at radius 2 is 1.77 bits per heavy atom. The molecule has 0 radical (unpaired) electrons. The molecule has 5 rings (SSSR count). The fourth-order valence-electron chi connectivity index (χ4n) is 4.02. The summed E-state index contributed by atoms with van der Waals surface area (Å²) in [6, 6.07) is 24.0. The maximum absolute atomic E-state index is 12.7. The second-order valence-electron chi connectivity index (χ2n) is 8.43. The summed E-state index contributed by atoms with van der Waals surface area (Å²) in [7, 11) is 0. The minimum absolute atomic E-state index is 0.0756. The van der Waals surface area contributed by atoms with Crippen LogP contribution in [0.4, 0.5) is 5.69 Å². The van der Waals surface area contributed by atoms with Gasteiger partial charge in [0.25, 0.3) is 0 Å². The van der Waals surface area contributed by atoms with Crippen LogP contribution in [0.3, 0.4) is 0 Å². The number of aromatic amines is 1. The first-order valence-electron chi connectivity index (χ1n) is 11.5. The molecule has 3 aromatic carbocycles. The van der Waals surface area contributed by atoms with Crippen LogP contribution in [0, 0.1) is 13.8 Å². The summed E-state index contributed by atoms with van der Waals surface area (Å²) >= 11 is 1.38. The average Bonchev–Trinajstić information content (AvgIpc) is 3.47. The largest absolute Gasteiger partial charge is 0.342 e. The zero-order valence-corrected chi connectivity index (χ0v) is 20.5. The molecule has 0 unspecified atom stereocenters. The van der Waals surface area contributed by atoms with Gasteiger partial charge in [-0.25, -0.2) is 4.98 Å². The lowest BCUT2D eigenvalue weighted by atomic mass is 10.1. The Morgan fingerprint density at radius 3 is 2.57 bits per heavy atom. The Balaban J connectivity index is 1.32. The number of nitrogens with one attached hydrogen (secondary N) is 2. The van der Waals surface area contributed by atoms with Gasteiger partial charge >= 0.3 is 0 Å². The molecule has 0 saturated carbocycles. The molecule has 0 aliphatic heterocycles. The molecule has 176 valence electrons. The number of nitrogens with zero attached hydrogens (tertiary/aromatic N) is 4. The maximum Gasteiger partial charge on any atom is 0.234 e. The molecule has 1 amide bonds. The minimum atomic E-state index is -0.0756. The first kappa shape index (κ1) is 22.9. The lowest BCUT2D eigenvalue weighted by molar-refractivity contribution is -0.113. The quantitative estimate of drug-likeness (QED) is 0.294. The van der Waals surface area contributed by atoms with Crippen LogP contribution >= 0.6 is 11.8 Å². The highest BCUT2D eigenvalue weighted by Crippen LogP contribution is 2.24. The summed E-state index contributed by atoms with van der Waals surface area (Å²) in [4.78, 5) is 20.7. The molecular formula is C27H26N6OS. The molecule has 2 heterocycles. The zero-order chi connectivity index (χ0) is 24.2. The number of fused-ring (bicyclic) bond motifs is 1. The number of para-hydroxylation sites is 3. The summed E-state index contributed by atoms with van der Waals surface area (Å²) < 4.78 is 2.03. The van der Waals surface area contributed by atoms with E-state index < -0.39 is 0 Å². The Morgan fingerprint density at radius 1 is 0.971 bits per heavy atom. The smallest absolute Gasteiger partial charge is 0.234 e. The molecule has 5 aromatic rings. The van der Waals surface area contributed by atoms with E-state index in [9.17, 15) is 4.79 Å². The van der Waals surface area contributed by atoms with Crippen molar-refractivity contribution in [2.75, 3.05) is 11.1 Å². The van der Waals surface area contributed by atoms with Gasteiger partial charge in [0.15, 0.2) is 5.16 Å². The van der Waals surface area contributed by atoms with E-state index in [0.29, 0.717) is 18.0 Å². The predicted octanol–water partition coefficient (Wildman–Crippen LogP) is 5.28. The van der Waals surface area contributed by atoms with Crippen LogP contribution in [0.1, 0.15) is 22.8 Å². The number of hydrogen-bond donors (Lipinski definition) is 2. The molecule has 2 aromatic heterocycles. The molecule has 0 fully saturated rings. The number of anilines is 1. The van der Waals surface area contributed by atoms with Crippen molar-refractivity contribution in [3.63, 3.8) is 0 Å². The van der Waals surface area contributed by atoms with Gasteiger partial charge in [0.05, 0.1) is 16.8 Å². The number of rotatable bonds is 8. The number of aryl methyl sites for hydroxylation is 4. The summed E-state index contributed by atoms with van der Waals surface area (Å²) in [5, 5.41) is 12.6. The van der Waals surface area contributed by atoms with Gasteiger partial charge in [0, 0.05) is 24.2 Å². The Kier molecular flexibility index (Phi) is 6.63. The van der Waals surface area contributed by atoms with Gasteiger partial charge in [-0.15, -0.1) is 10.2 Å². The third-order valence-electron chi connectivity index (χ3n) is 5.73. The molecular weight excluding hydrogens is 456 g/mol. The second-order valence-corrected chi connectivity index (χ2v) is 9.37. The highest BCUT2D eigenvalue weighted by atomic mass is 32.2. The van der Waals surface area contributed by atoms with E-state index in [1.54, 1.807) is 0 Å². The first-order valence-corrected chi connectivity index (χ1v) is 12.5. The molecule has 0 aliphatic rings. The number of thioether (sulfide) groups is 1. The van der Waals surface area contributed by atoms with Gasteiger partial charge < -0.3 is 10.3 Å². The number of aromatic nitrogens is 5. The van der Waals surface area contributed by atoms with E-state index in [-0.39, 0.29) is 11.7 Å². The minimum Gasteiger partial charge on any atom is -0.342 e. The van der Waals surface area contributed by atoms with E-state index in [4.69, 9.17) is 0 Å². The summed E-state index contributed by atoms with van der Waals surface area (Å²) in [6.07, 6.45) is 1.37. The molecule has 0 saturated heterocycles. The van der Waals surface area contributed by atoms with Crippen molar-refractivity contribution in [1.82, 2.24) is 24.7 Å². The van der Waals surface area contributed by atoms with E-state index in [1.807, 2.05) is 85.1 Å². The van der Waals surface area contributed by atoms with Gasteiger partial charge in [0.1, 0.15) is 11.6 Å². The van der Waals surface area contributed by atoms with Gasteiger partial charge in [-0.05, 0) is 49.7 Å². The maximum atomic E-state index is 12.7. The van der Waals surface area contributed by atoms with Gasteiger partial charge in [-0.1, -0.05) is 59.8 Å². The highest BCUT2D eigenvalue weighted by molar-refractivity contribution is 7.99. The molecule has 0 bridgehead atoms.